The van der Waals surface area contributed by atoms with Crippen molar-refractivity contribution in [2.24, 2.45) is 5.41 Å². The summed E-state index contributed by atoms with van der Waals surface area (Å²) in [4.78, 5) is 0. The van der Waals surface area contributed by atoms with Crippen molar-refractivity contribution >= 4 is 0 Å². The van der Waals surface area contributed by atoms with Gasteiger partial charge in [-0.25, -0.2) is 0 Å². The summed E-state index contributed by atoms with van der Waals surface area (Å²) in [5.41, 5.74) is 0.358. The molecule has 0 aromatic rings. The van der Waals surface area contributed by atoms with E-state index >= 15 is 0 Å². The molecule has 54 valence electrons. The van der Waals surface area contributed by atoms with Crippen LogP contribution in [0.15, 0.2) is 0 Å². The number of hydrogen-bond acceptors (Lipinski definition) is 1. The van der Waals surface area contributed by atoms with Crippen LogP contribution in [0.25, 0.3) is 0 Å². The summed E-state index contributed by atoms with van der Waals surface area (Å²) in [6.07, 6.45) is 3.02. The Labute approximate surface area is 57.4 Å². The smallest absolute Gasteiger partial charge is 0.0624 e. The highest BCUT2D eigenvalue weighted by molar-refractivity contribution is 4.77. The Morgan fingerprint density at radius 1 is 1.33 bits per heavy atom. The zero-order valence-corrected chi connectivity index (χ0v) is 6.61. The molecule has 1 nitrogen and oxygen atoms in total. The Balaban J connectivity index is 2.42. The molecule has 0 aromatic heterocycles. The van der Waals surface area contributed by atoms with E-state index in [0.29, 0.717) is 11.5 Å². The predicted molar refractivity (Wildman–Crippen MR) is 38.4 cm³/mol. The third-order valence-corrected chi connectivity index (χ3v) is 1.90. The molecule has 0 N–H and O–H groups in total. The molecule has 1 heterocycles. The summed E-state index contributed by atoms with van der Waals surface area (Å²) in [6, 6.07) is 0. The molecule has 0 unspecified atom stereocenters. The minimum Gasteiger partial charge on any atom is -0.378 e. The van der Waals surface area contributed by atoms with Gasteiger partial charge < -0.3 is 4.74 Å². The summed E-state index contributed by atoms with van der Waals surface area (Å²) < 4.78 is 5.52. The number of ether oxygens (including phenoxy) is 1. The van der Waals surface area contributed by atoms with Crippen LogP contribution in [-0.2, 0) is 4.74 Å². The molecule has 0 bridgehead atoms. The van der Waals surface area contributed by atoms with E-state index in [-0.39, 0.29) is 0 Å². The van der Waals surface area contributed by atoms with Gasteiger partial charge in [-0.3, -0.25) is 0 Å². The van der Waals surface area contributed by atoms with Crippen molar-refractivity contribution < 1.29 is 4.74 Å². The Hall–Kier alpha value is -0.0400. The minimum absolute atomic E-state index is 0.358. The lowest BCUT2D eigenvalue weighted by Gasteiger charge is -2.25. The van der Waals surface area contributed by atoms with Crippen molar-refractivity contribution in [3.63, 3.8) is 0 Å². The number of hydrogen-bond donors (Lipinski definition) is 0. The fourth-order valence-corrected chi connectivity index (χ4v) is 1.26. The van der Waals surface area contributed by atoms with Crippen molar-refractivity contribution in [2.75, 3.05) is 6.61 Å². The van der Waals surface area contributed by atoms with Gasteiger partial charge in [0, 0.05) is 6.61 Å². The lowest BCUT2D eigenvalue weighted by Crippen LogP contribution is -2.24. The van der Waals surface area contributed by atoms with E-state index in [1.54, 1.807) is 0 Å². The van der Waals surface area contributed by atoms with Crippen molar-refractivity contribution in [2.45, 2.75) is 39.7 Å². The zero-order chi connectivity index (χ0) is 6.91. The largest absolute Gasteiger partial charge is 0.378 e. The van der Waals surface area contributed by atoms with Gasteiger partial charge in [0.05, 0.1) is 6.10 Å². The highest BCUT2D eigenvalue weighted by Crippen LogP contribution is 2.29. The van der Waals surface area contributed by atoms with Gasteiger partial charge in [0.2, 0.25) is 0 Å². The average molecular weight is 128 g/mol. The summed E-state index contributed by atoms with van der Waals surface area (Å²) >= 11 is 0. The van der Waals surface area contributed by atoms with E-state index in [4.69, 9.17) is 4.74 Å². The Morgan fingerprint density at radius 3 is 2.22 bits per heavy atom. The quantitative estimate of drug-likeness (QED) is 0.486. The van der Waals surface area contributed by atoms with E-state index in [1.165, 1.54) is 12.8 Å². The second-order valence-corrected chi connectivity index (χ2v) is 3.87. The van der Waals surface area contributed by atoms with Crippen LogP contribution in [0.5, 0.6) is 0 Å². The van der Waals surface area contributed by atoms with Gasteiger partial charge in [-0.1, -0.05) is 20.8 Å². The first-order chi connectivity index (χ1) is 4.11. The average Bonchev–Trinajstić information content (AvgIpc) is 2.08. The van der Waals surface area contributed by atoms with E-state index in [0.717, 1.165) is 6.61 Å². The van der Waals surface area contributed by atoms with Crippen molar-refractivity contribution in [3.05, 3.63) is 0 Å². The fraction of sp³-hybridized carbons (Fsp3) is 1.00. The Morgan fingerprint density at radius 2 is 2.00 bits per heavy atom. The molecule has 0 spiro atoms. The van der Waals surface area contributed by atoms with Gasteiger partial charge in [0.1, 0.15) is 0 Å². The molecule has 1 saturated heterocycles. The lowest BCUT2D eigenvalue weighted by molar-refractivity contribution is 0.0290. The fourth-order valence-electron chi connectivity index (χ4n) is 1.26. The second-order valence-electron chi connectivity index (χ2n) is 3.87. The molecule has 1 fully saturated rings. The van der Waals surface area contributed by atoms with Gasteiger partial charge in [-0.2, -0.15) is 0 Å². The molecule has 9 heavy (non-hydrogen) atoms. The molecular formula is C8H16O. The molecule has 1 rings (SSSR count). The van der Waals surface area contributed by atoms with Crippen LogP contribution in [-0.4, -0.2) is 12.7 Å². The van der Waals surface area contributed by atoms with Gasteiger partial charge in [0.25, 0.3) is 0 Å². The first kappa shape index (κ1) is 7.07. The maximum absolute atomic E-state index is 5.52. The van der Waals surface area contributed by atoms with Crippen LogP contribution in [0.1, 0.15) is 33.6 Å². The molecule has 1 heteroatoms. The van der Waals surface area contributed by atoms with Crippen molar-refractivity contribution in [3.8, 4) is 0 Å². The van der Waals surface area contributed by atoms with Crippen LogP contribution in [0.4, 0.5) is 0 Å². The minimum atomic E-state index is 0.358. The van der Waals surface area contributed by atoms with Gasteiger partial charge in [0.15, 0.2) is 0 Å². The van der Waals surface area contributed by atoms with Gasteiger partial charge in [-0.15, -0.1) is 0 Å². The van der Waals surface area contributed by atoms with E-state index in [9.17, 15) is 0 Å². The number of rotatable bonds is 0. The molecule has 0 aromatic carbocycles. The third kappa shape index (κ3) is 1.68. The zero-order valence-electron chi connectivity index (χ0n) is 6.61. The molecule has 1 aliphatic rings. The topological polar surface area (TPSA) is 9.23 Å². The van der Waals surface area contributed by atoms with Crippen LogP contribution in [0.3, 0.4) is 0 Å². The molecule has 0 amide bonds. The van der Waals surface area contributed by atoms with Crippen LogP contribution in [0.2, 0.25) is 0 Å². The lowest BCUT2D eigenvalue weighted by atomic mass is 9.88. The molecule has 1 atom stereocenters. The molecule has 0 aliphatic carbocycles. The molecule has 0 radical (unpaired) electrons. The van der Waals surface area contributed by atoms with E-state index < -0.39 is 0 Å². The van der Waals surface area contributed by atoms with Gasteiger partial charge >= 0.3 is 0 Å². The molecule has 1 aliphatic heterocycles. The summed E-state index contributed by atoms with van der Waals surface area (Å²) in [7, 11) is 0. The first-order valence-corrected chi connectivity index (χ1v) is 3.72. The summed E-state index contributed by atoms with van der Waals surface area (Å²) in [5, 5.41) is 0. The maximum atomic E-state index is 5.52. The molecular weight excluding hydrogens is 112 g/mol. The normalized spacial score (nSPS) is 29.0. The summed E-state index contributed by atoms with van der Waals surface area (Å²) in [5.74, 6) is 0. The van der Waals surface area contributed by atoms with E-state index in [1.807, 2.05) is 0 Å². The van der Waals surface area contributed by atoms with Crippen molar-refractivity contribution in [1.29, 1.82) is 0 Å². The monoisotopic (exact) mass is 128 g/mol. The molecule has 0 saturated carbocycles. The first-order valence-electron chi connectivity index (χ1n) is 3.72. The van der Waals surface area contributed by atoms with Crippen molar-refractivity contribution in [1.82, 2.24) is 0 Å². The second kappa shape index (κ2) is 2.30. The SMILES string of the molecule is CC(C)(C)[C@H]1CCCO1. The van der Waals surface area contributed by atoms with E-state index in [2.05, 4.69) is 20.8 Å². The Kier molecular flexibility index (Phi) is 1.80. The summed E-state index contributed by atoms with van der Waals surface area (Å²) in [6.45, 7) is 7.69. The van der Waals surface area contributed by atoms with Crippen LogP contribution in [0, 0.1) is 5.41 Å². The Bertz CT molecular complexity index is 85.2. The highest BCUT2D eigenvalue weighted by Gasteiger charge is 2.27. The maximum Gasteiger partial charge on any atom is 0.0624 e. The third-order valence-electron chi connectivity index (χ3n) is 1.90. The highest BCUT2D eigenvalue weighted by atomic mass is 16.5. The van der Waals surface area contributed by atoms with Crippen LogP contribution < -0.4 is 0 Å². The van der Waals surface area contributed by atoms with Crippen LogP contribution >= 0.6 is 0 Å². The van der Waals surface area contributed by atoms with Gasteiger partial charge in [-0.05, 0) is 18.3 Å². The predicted octanol–water partition coefficient (Wildman–Crippen LogP) is 2.21. The standard InChI is InChI=1S/C8H16O/c1-8(2,3)7-5-4-6-9-7/h7H,4-6H2,1-3H3/t7-/m1/s1.